The molecule has 1 aromatic heterocycles. The first-order valence-electron chi connectivity index (χ1n) is 6.83. The molecule has 0 fully saturated rings. The summed E-state index contributed by atoms with van der Waals surface area (Å²) in [5.74, 6) is 0. The van der Waals surface area contributed by atoms with E-state index < -0.39 is 5.60 Å². The minimum Gasteiger partial charge on any atom is -0.444 e. The van der Waals surface area contributed by atoms with E-state index in [0.29, 0.717) is 13.1 Å². The molecule has 0 aromatic carbocycles. The topological polar surface area (TPSA) is 59.4 Å². The average molecular weight is 282 g/mol. The molecule has 114 valence electrons. The first-order chi connectivity index (χ1) is 9.19. The van der Waals surface area contributed by atoms with Gasteiger partial charge in [0, 0.05) is 45.5 Å². The molecule has 0 aliphatic carbocycles. The minimum absolute atomic E-state index is 0.295. The number of rotatable bonds is 5. The second-order valence-electron chi connectivity index (χ2n) is 5.99. The molecule has 0 unspecified atom stereocenters. The summed E-state index contributed by atoms with van der Waals surface area (Å²) in [5, 5.41) is 7.59. The van der Waals surface area contributed by atoms with Gasteiger partial charge in [-0.05, 0) is 27.7 Å². The molecule has 0 radical (unpaired) electrons. The zero-order chi connectivity index (χ0) is 15.3. The summed E-state index contributed by atoms with van der Waals surface area (Å²) in [6.07, 6.45) is 1.71. The second kappa shape index (κ2) is 6.74. The fourth-order valence-electron chi connectivity index (χ4n) is 1.72. The van der Waals surface area contributed by atoms with Gasteiger partial charge in [-0.15, -0.1) is 0 Å². The van der Waals surface area contributed by atoms with Crippen LogP contribution in [0.3, 0.4) is 0 Å². The molecular weight excluding hydrogens is 256 g/mol. The molecule has 20 heavy (non-hydrogen) atoms. The van der Waals surface area contributed by atoms with Crippen LogP contribution < -0.4 is 5.32 Å². The van der Waals surface area contributed by atoms with Crippen molar-refractivity contribution in [1.82, 2.24) is 20.0 Å². The van der Waals surface area contributed by atoms with Gasteiger partial charge in [0.05, 0.1) is 5.69 Å². The maximum atomic E-state index is 11.7. The predicted molar refractivity (Wildman–Crippen MR) is 78.5 cm³/mol. The van der Waals surface area contributed by atoms with Crippen molar-refractivity contribution in [2.45, 2.75) is 39.8 Å². The third-order valence-electron chi connectivity index (χ3n) is 2.76. The SMILES string of the molecule is Cc1nn(C)cc1CNCCN(C)C(=O)OC(C)(C)C. The number of aryl methyl sites for hydroxylation is 2. The Kier molecular flexibility index (Phi) is 5.56. The van der Waals surface area contributed by atoms with Crippen LogP contribution in [0, 0.1) is 6.92 Å². The summed E-state index contributed by atoms with van der Waals surface area (Å²) < 4.78 is 7.09. The van der Waals surface area contributed by atoms with Gasteiger partial charge in [-0.1, -0.05) is 0 Å². The molecule has 1 heterocycles. The van der Waals surface area contributed by atoms with Gasteiger partial charge in [0.15, 0.2) is 0 Å². The lowest BCUT2D eigenvalue weighted by Crippen LogP contribution is -2.37. The fourth-order valence-corrected chi connectivity index (χ4v) is 1.72. The lowest BCUT2D eigenvalue weighted by Gasteiger charge is -2.24. The first kappa shape index (κ1) is 16.5. The molecule has 0 bridgehead atoms. The summed E-state index contributed by atoms with van der Waals surface area (Å²) in [4.78, 5) is 13.3. The van der Waals surface area contributed by atoms with Crippen LogP contribution in [0.4, 0.5) is 4.79 Å². The summed E-state index contributed by atoms with van der Waals surface area (Å²) in [6, 6.07) is 0. The van der Waals surface area contributed by atoms with E-state index >= 15 is 0 Å². The number of ether oxygens (including phenoxy) is 1. The van der Waals surface area contributed by atoms with Gasteiger partial charge in [-0.25, -0.2) is 4.79 Å². The molecule has 0 spiro atoms. The summed E-state index contributed by atoms with van der Waals surface area (Å²) in [5.41, 5.74) is 1.75. The van der Waals surface area contributed by atoms with Crippen molar-refractivity contribution in [2.75, 3.05) is 20.1 Å². The quantitative estimate of drug-likeness (QED) is 0.835. The molecule has 1 rings (SSSR count). The first-order valence-corrected chi connectivity index (χ1v) is 6.83. The van der Waals surface area contributed by atoms with Crippen molar-refractivity contribution < 1.29 is 9.53 Å². The van der Waals surface area contributed by atoms with Crippen LogP contribution in [-0.4, -0.2) is 46.5 Å². The Balaban J connectivity index is 2.27. The van der Waals surface area contributed by atoms with Crippen LogP contribution in [0.15, 0.2) is 6.20 Å². The number of carbonyl (C=O) groups excluding carboxylic acids is 1. The highest BCUT2D eigenvalue weighted by molar-refractivity contribution is 5.67. The highest BCUT2D eigenvalue weighted by Gasteiger charge is 2.19. The van der Waals surface area contributed by atoms with Crippen LogP contribution in [-0.2, 0) is 18.3 Å². The van der Waals surface area contributed by atoms with E-state index in [1.54, 1.807) is 16.6 Å². The minimum atomic E-state index is -0.453. The number of hydrogen-bond donors (Lipinski definition) is 1. The molecule has 0 aliphatic rings. The fraction of sp³-hybridized carbons (Fsp3) is 0.714. The number of hydrogen-bond acceptors (Lipinski definition) is 4. The van der Waals surface area contributed by atoms with Crippen LogP contribution in [0.2, 0.25) is 0 Å². The van der Waals surface area contributed by atoms with Crippen LogP contribution in [0.25, 0.3) is 0 Å². The van der Waals surface area contributed by atoms with Crippen molar-refractivity contribution in [2.24, 2.45) is 7.05 Å². The van der Waals surface area contributed by atoms with Crippen molar-refractivity contribution >= 4 is 6.09 Å². The van der Waals surface area contributed by atoms with E-state index in [-0.39, 0.29) is 6.09 Å². The number of likely N-dealkylation sites (N-methyl/N-ethyl adjacent to an activating group) is 1. The third kappa shape index (κ3) is 5.61. The second-order valence-corrected chi connectivity index (χ2v) is 5.99. The van der Waals surface area contributed by atoms with E-state index in [4.69, 9.17) is 4.74 Å². The van der Waals surface area contributed by atoms with Gasteiger partial charge >= 0.3 is 6.09 Å². The van der Waals surface area contributed by atoms with Crippen molar-refractivity contribution in [1.29, 1.82) is 0 Å². The Labute approximate surface area is 121 Å². The summed E-state index contributed by atoms with van der Waals surface area (Å²) >= 11 is 0. The Morgan fingerprint density at radius 3 is 2.65 bits per heavy atom. The highest BCUT2D eigenvalue weighted by atomic mass is 16.6. The van der Waals surface area contributed by atoms with Crippen molar-refractivity contribution in [3.8, 4) is 0 Å². The molecule has 0 saturated heterocycles. The molecule has 6 heteroatoms. The zero-order valence-corrected chi connectivity index (χ0v) is 13.4. The van der Waals surface area contributed by atoms with Crippen molar-refractivity contribution in [3.63, 3.8) is 0 Å². The molecule has 0 aliphatic heterocycles. The number of nitrogens with zero attached hydrogens (tertiary/aromatic N) is 3. The smallest absolute Gasteiger partial charge is 0.410 e. The molecule has 0 saturated carbocycles. The zero-order valence-electron chi connectivity index (χ0n) is 13.4. The largest absolute Gasteiger partial charge is 0.444 e. The molecule has 6 nitrogen and oxygen atoms in total. The van der Waals surface area contributed by atoms with Crippen LogP contribution in [0.1, 0.15) is 32.0 Å². The summed E-state index contributed by atoms with van der Waals surface area (Å²) in [7, 11) is 3.65. The molecule has 1 amide bonds. The third-order valence-corrected chi connectivity index (χ3v) is 2.76. The molecule has 1 N–H and O–H groups in total. The Morgan fingerprint density at radius 2 is 2.15 bits per heavy atom. The number of amides is 1. The van der Waals surface area contributed by atoms with Crippen LogP contribution >= 0.6 is 0 Å². The number of carbonyl (C=O) groups is 1. The average Bonchev–Trinajstić information content (AvgIpc) is 2.60. The molecule has 1 aromatic rings. The lowest BCUT2D eigenvalue weighted by atomic mass is 10.2. The van der Waals surface area contributed by atoms with Gasteiger partial charge in [0.2, 0.25) is 0 Å². The standard InChI is InChI=1S/C14H26N4O2/c1-11-12(10-18(6)16-11)9-15-7-8-17(5)13(19)20-14(2,3)4/h10,15H,7-9H2,1-6H3. The number of nitrogens with one attached hydrogen (secondary N) is 1. The summed E-state index contributed by atoms with van der Waals surface area (Å²) in [6.45, 7) is 9.65. The van der Waals surface area contributed by atoms with Gasteiger partial charge in [-0.2, -0.15) is 5.10 Å². The van der Waals surface area contributed by atoms with E-state index in [1.807, 2.05) is 40.9 Å². The van der Waals surface area contributed by atoms with E-state index in [9.17, 15) is 4.79 Å². The maximum absolute atomic E-state index is 11.7. The van der Waals surface area contributed by atoms with Gasteiger partial charge in [-0.3, -0.25) is 4.68 Å². The molecule has 0 atom stereocenters. The Morgan fingerprint density at radius 1 is 1.50 bits per heavy atom. The van der Waals surface area contributed by atoms with Crippen LogP contribution in [0.5, 0.6) is 0 Å². The van der Waals surface area contributed by atoms with Gasteiger partial charge in [0.25, 0.3) is 0 Å². The van der Waals surface area contributed by atoms with E-state index in [0.717, 1.165) is 12.2 Å². The monoisotopic (exact) mass is 282 g/mol. The Hall–Kier alpha value is -1.56. The predicted octanol–water partition coefficient (Wildman–Crippen LogP) is 1.69. The van der Waals surface area contributed by atoms with E-state index in [1.165, 1.54) is 5.56 Å². The Bertz CT molecular complexity index is 449. The highest BCUT2D eigenvalue weighted by Crippen LogP contribution is 2.08. The normalized spacial score (nSPS) is 11.5. The maximum Gasteiger partial charge on any atom is 0.410 e. The van der Waals surface area contributed by atoms with Crippen molar-refractivity contribution in [3.05, 3.63) is 17.5 Å². The number of aromatic nitrogens is 2. The molecular formula is C14H26N4O2. The van der Waals surface area contributed by atoms with E-state index in [2.05, 4.69) is 10.4 Å². The lowest BCUT2D eigenvalue weighted by molar-refractivity contribution is 0.0300. The van der Waals surface area contributed by atoms with Gasteiger partial charge in [0.1, 0.15) is 5.60 Å². The van der Waals surface area contributed by atoms with Gasteiger partial charge < -0.3 is 15.0 Å².